The number of aromatic nitrogens is 2. The molecule has 2 saturated heterocycles. The molecule has 6 nitrogen and oxygen atoms in total. The molecule has 8 heteroatoms. The first-order valence-corrected chi connectivity index (χ1v) is 8.09. The first-order valence-electron chi connectivity index (χ1n) is 6.65. The van der Waals surface area contributed by atoms with Crippen LogP contribution in [0.4, 0.5) is 0 Å². The van der Waals surface area contributed by atoms with Crippen LogP contribution in [0.2, 0.25) is 0 Å². The van der Waals surface area contributed by atoms with Gasteiger partial charge in [-0.05, 0) is 32.7 Å². The van der Waals surface area contributed by atoms with E-state index in [1.807, 2.05) is 6.92 Å². The van der Waals surface area contributed by atoms with E-state index in [1.54, 1.807) is 23.0 Å². The maximum absolute atomic E-state index is 12.8. The molecular formula is C12H21ClN4O2S. The van der Waals surface area contributed by atoms with Crippen molar-refractivity contribution in [3.63, 3.8) is 0 Å². The summed E-state index contributed by atoms with van der Waals surface area (Å²) in [6.07, 6.45) is 1.07. The van der Waals surface area contributed by atoms with Crippen molar-refractivity contribution >= 4 is 22.4 Å². The van der Waals surface area contributed by atoms with Crippen LogP contribution in [0.1, 0.15) is 17.8 Å². The van der Waals surface area contributed by atoms with Gasteiger partial charge >= 0.3 is 0 Å². The van der Waals surface area contributed by atoms with Gasteiger partial charge in [0.2, 0.25) is 10.0 Å². The summed E-state index contributed by atoms with van der Waals surface area (Å²) in [6, 6.07) is 0.326. The first kappa shape index (κ1) is 15.8. The summed E-state index contributed by atoms with van der Waals surface area (Å²) in [5.74, 6) is 0.465. The van der Waals surface area contributed by atoms with E-state index >= 15 is 0 Å². The van der Waals surface area contributed by atoms with Crippen LogP contribution in [0.5, 0.6) is 0 Å². The van der Waals surface area contributed by atoms with Crippen LogP contribution < -0.4 is 5.32 Å². The van der Waals surface area contributed by atoms with Crippen LogP contribution >= 0.6 is 12.4 Å². The molecule has 114 valence electrons. The van der Waals surface area contributed by atoms with Gasteiger partial charge in [0.05, 0.1) is 11.4 Å². The number of hydrogen-bond acceptors (Lipinski definition) is 4. The number of nitrogens with zero attached hydrogens (tertiary/aromatic N) is 3. The predicted molar refractivity (Wildman–Crippen MR) is 78.6 cm³/mol. The van der Waals surface area contributed by atoms with Crippen LogP contribution in [0.15, 0.2) is 4.90 Å². The van der Waals surface area contributed by atoms with E-state index in [0.717, 1.165) is 13.0 Å². The van der Waals surface area contributed by atoms with Crippen molar-refractivity contribution in [2.45, 2.75) is 31.2 Å². The minimum Gasteiger partial charge on any atom is -0.312 e. The van der Waals surface area contributed by atoms with Crippen molar-refractivity contribution in [3.05, 3.63) is 11.4 Å². The molecule has 0 bridgehead atoms. The molecule has 0 aliphatic carbocycles. The van der Waals surface area contributed by atoms with Crippen molar-refractivity contribution in [1.82, 2.24) is 19.4 Å². The van der Waals surface area contributed by atoms with Crippen LogP contribution in [-0.4, -0.2) is 48.2 Å². The number of halogens is 1. The topological polar surface area (TPSA) is 67.2 Å². The molecule has 20 heavy (non-hydrogen) atoms. The standard InChI is InChI=1S/C12H20N4O2S.ClH/c1-8-12(9(2)15(3)14-8)19(17,18)16-6-10-4-5-13-11(10)7-16;/h10-11,13H,4-7H2,1-3H3;1H/t10-,11+;/m0./s1. The van der Waals surface area contributed by atoms with E-state index < -0.39 is 10.0 Å². The fourth-order valence-corrected chi connectivity index (χ4v) is 5.18. The summed E-state index contributed by atoms with van der Waals surface area (Å²) in [4.78, 5) is 0.384. The second-order valence-electron chi connectivity index (χ2n) is 5.55. The fourth-order valence-electron chi connectivity index (χ4n) is 3.26. The molecule has 1 aromatic rings. The molecule has 0 radical (unpaired) electrons. The minimum absolute atomic E-state index is 0. The quantitative estimate of drug-likeness (QED) is 0.858. The van der Waals surface area contributed by atoms with Gasteiger partial charge in [-0.3, -0.25) is 4.68 Å². The molecule has 3 heterocycles. The van der Waals surface area contributed by atoms with Gasteiger partial charge in [-0.15, -0.1) is 12.4 Å². The molecule has 3 rings (SSSR count). The van der Waals surface area contributed by atoms with Gasteiger partial charge < -0.3 is 5.32 Å². The molecule has 2 fully saturated rings. The Kier molecular flexibility index (Phi) is 4.17. The third-order valence-electron chi connectivity index (χ3n) is 4.37. The minimum atomic E-state index is -3.41. The lowest BCUT2D eigenvalue weighted by atomic mass is 10.1. The third-order valence-corrected chi connectivity index (χ3v) is 6.45. The summed E-state index contributed by atoms with van der Waals surface area (Å²) in [5.41, 5.74) is 1.30. The summed E-state index contributed by atoms with van der Waals surface area (Å²) >= 11 is 0. The van der Waals surface area contributed by atoms with Crippen LogP contribution in [0.25, 0.3) is 0 Å². The normalized spacial score (nSPS) is 26.6. The van der Waals surface area contributed by atoms with Gasteiger partial charge in [0, 0.05) is 26.2 Å². The van der Waals surface area contributed by atoms with Gasteiger partial charge in [-0.25, -0.2) is 8.42 Å². The van der Waals surface area contributed by atoms with Crippen molar-refractivity contribution < 1.29 is 8.42 Å². The van der Waals surface area contributed by atoms with E-state index in [2.05, 4.69) is 10.4 Å². The first-order chi connectivity index (χ1) is 8.91. The van der Waals surface area contributed by atoms with E-state index in [4.69, 9.17) is 0 Å². The highest BCUT2D eigenvalue weighted by atomic mass is 35.5. The maximum Gasteiger partial charge on any atom is 0.246 e. The second kappa shape index (κ2) is 5.29. The molecule has 2 aliphatic rings. The molecule has 2 aliphatic heterocycles. The number of sulfonamides is 1. The molecule has 1 N–H and O–H groups in total. The summed E-state index contributed by atoms with van der Waals surface area (Å²) in [7, 11) is -1.63. The molecule has 0 saturated carbocycles. The number of rotatable bonds is 2. The highest BCUT2D eigenvalue weighted by Gasteiger charge is 2.42. The van der Waals surface area contributed by atoms with Crippen LogP contribution in [0.3, 0.4) is 0 Å². The number of hydrogen-bond donors (Lipinski definition) is 1. The van der Waals surface area contributed by atoms with Gasteiger partial charge in [0.1, 0.15) is 4.90 Å². The lowest BCUT2D eigenvalue weighted by Crippen LogP contribution is -2.34. The van der Waals surface area contributed by atoms with E-state index in [0.29, 0.717) is 41.3 Å². The Morgan fingerprint density at radius 2 is 2.00 bits per heavy atom. The Bertz CT molecular complexity index is 601. The van der Waals surface area contributed by atoms with Crippen molar-refractivity contribution in [1.29, 1.82) is 0 Å². The Hall–Kier alpha value is -0.630. The lowest BCUT2D eigenvalue weighted by Gasteiger charge is -2.17. The Labute approximate surface area is 126 Å². The highest BCUT2D eigenvalue weighted by molar-refractivity contribution is 7.89. The van der Waals surface area contributed by atoms with Gasteiger partial charge in [0.15, 0.2) is 0 Å². The van der Waals surface area contributed by atoms with E-state index in [9.17, 15) is 8.42 Å². The van der Waals surface area contributed by atoms with Gasteiger partial charge in [0.25, 0.3) is 0 Å². The molecule has 1 aromatic heterocycles. The zero-order valence-electron chi connectivity index (χ0n) is 12.0. The highest BCUT2D eigenvalue weighted by Crippen LogP contribution is 2.31. The zero-order chi connectivity index (χ0) is 13.8. The molecule has 0 unspecified atom stereocenters. The fraction of sp³-hybridized carbons (Fsp3) is 0.750. The smallest absolute Gasteiger partial charge is 0.246 e. The molecule has 0 amide bonds. The van der Waals surface area contributed by atoms with E-state index in [1.165, 1.54) is 0 Å². The molecule has 2 atom stereocenters. The van der Waals surface area contributed by atoms with Crippen molar-refractivity contribution in [2.24, 2.45) is 13.0 Å². The lowest BCUT2D eigenvalue weighted by molar-refractivity contribution is 0.447. The molecular weight excluding hydrogens is 300 g/mol. The Morgan fingerprint density at radius 3 is 2.55 bits per heavy atom. The number of fused-ring (bicyclic) bond motifs is 1. The summed E-state index contributed by atoms with van der Waals surface area (Å²) in [6.45, 7) is 5.79. The SMILES string of the molecule is Cc1nn(C)c(C)c1S(=O)(=O)N1C[C@@H]2CCN[C@@H]2C1.Cl. The molecule has 0 spiro atoms. The largest absolute Gasteiger partial charge is 0.312 e. The van der Waals surface area contributed by atoms with Crippen LogP contribution in [-0.2, 0) is 17.1 Å². The van der Waals surface area contributed by atoms with Gasteiger partial charge in [-0.1, -0.05) is 0 Å². The monoisotopic (exact) mass is 320 g/mol. The van der Waals surface area contributed by atoms with Gasteiger partial charge in [-0.2, -0.15) is 9.40 Å². The third kappa shape index (κ3) is 2.26. The van der Waals surface area contributed by atoms with Crippen molar-refractivity contribution in [3.8, 4) is 0 Å². The van der Waals surface area contributed by atoms with E-state index in [-0.39, 0.29) is 12.4 Å². The summed E-state index contributed by atoms with van der Waals surface area (Å²) < 4.78 is 28.8. The predicted octanol–water partition coefficient (Wildman–Crippen LogP) is 0.441. The summed E-state index contributed by atoms with van der Waals surface area (Å²) in [5, 5.41) is 7.60. The molecule has 0 aromatic carbocycles. The second-order valence-corrected chi connectivity index (χ2v) is 7.43. The average molecular weight is 321 g/mol. The number of nitrogens with one attached hydrogen (secondary N) is 1. The maximum atomic E-state index is 12.8. The Balaban J connectivity index is 0.00000147. The zero-order valence-corrected chi connectivity index (χ0v) is 13.6. The Morgan fingerprint density at radius 1 is 1.30 bits per heavy atom. The van der Waals surface area contributed by atoms with Crippen LogP contribution in [0, 0.1) is 19.8 Å². The number of aryl methyl sites for hydroxylation is 2. The average Bonchev–Trinajstić information content (AvgIpc) is 2.92. The van der Waals surface area contributed by atoms with Crippen molar-refractivity contribution in [2.75, 3.05) is 19.6 Å².